The SMILES string of the molecule is Cc1cc(C(=O)N[C@H]2CC[C@H](NC(=O)c3cc(F)cnc3Oc3cccc(-c4ccc(CCN5CCCN(C)CC5)cc4)c3)CC2)nn1C. The highest BCUT2D eigenvalue weighted by molar-refractivity contribution is 5.96. The van der Waals surface area contributed by atoms with Crippen LogP contribution < -0.4 is 15.4 Å². The molecule has 2 N–H and O–H groups in total. The van der Waals surface area contributed by atoms with Crippen LogP contribution in [-0.4, -0.2) is 88.2 Å². The molecule has 11 heteroatoms. The monoisotopic (exact) mass is 667 g/mol. The number of hydrogen-bond donors (Lipinski definition) is 2. The zero-order valence-electron chi connectivity index (χ0n) is 28.6. The fourth-order valence-electron chi connectivity index (χ4n) is 6.57. The van der Waals surface area contributed by atoms with E-state index >= 15 is 0 Å². The number of ether oxygens (including phenoxy) is 1. The van der Waals surface area contributed by atoms with E-state index in [0.717, 1.165) is 68.2 Å². The van der Waals surface area contributed by atoms with E-state index < -0.39 is 11.7 Å². The fraction of sp³-hybridized carbons (Fsp3) is 0.421. The predicted molar refractivity (Wildman–Crippen MR) is 187 cm³/mol. The number of aryl methyl sites for hydroxylation is 2. The molecule has 0 spiro atoms. The van der Waals surface area contributed by atoms with Gasteiger partial charge in [0, 0.05) is 44.5 Å². The van der Waals surface area contributed by atoms with Crippen LogP contribution in [0.15, 0.2) is 66.9 Å². The summed E-state index contributed by atoms with van der Waals surface area (Å²) in [6, 6.07) is 19.0. The second kappa shape index (κ2) is 15.7. The molecule has 4 aromatic rings. The molecule has 1 saturated carbocycles. The molecule has 0 bridgehead atoms. The lowest BCUT2D eigenvalue weighted by molar-refractivity contribution is 0.0887. The van der Waals surface area contributed by atoms with Crippen molar-refractivity contribution in [3.05, 3.63) is 95.2 Å². The van der Waals surface area contributed by atoms with E-state index in [1.165, 1.54) is 12.0 Å². The molecule has 2 fully saturated rings. The maximum absolute atomic E-state index is 14.3. The third-order valence-electron chi connectivity index (χ3n) is 9.67. The molecule has 0 radical (unpaired) electrons. The first-order chi connectivity index (χ1) is 23.7. The number of carbonyl (C=O) groups excluding carboxylic acids is 2. The molecule has 258 valence electrons. The second-order valence-electron chi connectivity index (χ2n) is 13.4. The van der Waals surface area contributed by atoms with Gasteiger partial charge in [0.1, 0.15) is 22.8 Å². The third kappa shape index (κ3) is 9.10. The Kier molecular flexibility index (Phi) is 11.0. The number of nitrogens with one attached hydrogen (secondary N) is 2. The number of halogens is 1. The molecular weight excluding hydrogens is 621 g/mol. The molecule has 2 aromatic heterocycles. The van der Waals surface area contributed by atoms with E-state index in [1.807, 2.05) is 25.1 Å². The predicted octanol–water partition coefficient (Wildman–Crippen LogP) is 5.37. The molecule has 0 unspecified atom stereocenters. The quantitative estimate of drug-likeness (QED) is 0.234. The summed E-state index contributed by atoms with van der Waals surface area (Å²) in [6.45, 7) is 7.51. The number of amides is 2. The molecule has 2 aromatic carbocycles. The van der Waals surface area contributed by atoms with Crippen molar-refractivity contribution in [3.63, 3.8) is 0 Å². The van der Waals surface area contributed by atoms with Gasteiger partial charge in [-0.25, -0.2) is 9.37 Å². The average Bonchev–Trinajstić information content (AvgIpc) is 3.30. The van der Waals surface area contributed by atoms with Gasteiger partial charge in [-0.05, 0) is 107 Å². The zero-order chi connectivity index (χ0) is 34.3. The Morgan fingerprint density at radius 3 is 2.33 bits per heavy atom. The van der Waals surface area contributed by atoms with Gasteiger partial charge in [-0.1, -0.05) is 36.4 Å². The standard InChI is InChI=1S/C38H46FN7O3/c1-26-22-35(43-45(26)3)37(48)42-32-14-12-31(13-15-32)41-36(47)34-24-30(39)25-40-38(34)49-33-7-4-6-29(23-33)28-10-8-27(9-11-28)16-19-46-18-5-17-44(2)20-21-46/h4,6-11,22-25,31-32H,5,12-21H2,1-3H3,(H,41,47)(H,42,48)/t31-,32-. The summed E-state index contributed by atoms with van der Waals surface area (Å²) in [5, 5.41) is 10.3. The van der Waals surface area contributed by atoms with Crippen LogP contribution in [0.4, 0.5) is 4.39 Å². The van der Waals surface area contributed by atoms with E-state index in [1.54, 1.807) is 23.9 Å². The summed E-state index contributed by atoms with van der Waals surface area (Å²) in [5.74, 6) is -0.724. The molecule has 1 aliphatic heterocycles. The van der Waals surface area contributed by atoms with Crippen LogP contribution >= 0.6 is 0 Å². The first-order valence-corrected chi connectivity index (χ1v) is 17.3. The molecule has 3 heterocycles. The minimum absolute atomic E-state index is 0.00659. The van der Waals surface area contributed by atoms with E-state index in [0.29, 0.717) is 37.1 Å². The normalized spacial score (nSPS) is 18.9. The van der Waals surface area contributed by atoms with Crippen molar-refractivity contribution in [2.45, 2.75) is 57.5 Å². The van der Waals surface area contributed by atoms with Crippen molar-refractivity contribution < 1.29 is 18.7 Å². The highest BCUT2D eigenvalue weighted by Gasteiger charge is 2.26. The number of benzene rings is 2. The topological polar surface area (TPSA) is 105 Å². The van der Waals surface area contributed by atoms with Crippen LogP contribution in [0.25, 0.3) is 11.1 Å². The summed E-state index contributed by atoms with van der Waals surface area (Å²) in [7, 11) is 4.00. The molecule has 1 saturated heterocycles. The minimum atomic E-state index is -0.620. The molecule has 0 atom stereocenters. The van der Waals surface area contributed by atoms with Gasteiger partial charge in [0.2, 0.25) is 5.88 Å². The van der Waals surface area contributed by atoms with Crippen molar-refractivity contribution in [2.75, 3.05) is 39.8 Å². The molecule has 10 nitrogen and oxygen atoms in total. The van der Waals surface area contributed by atoms with Crippen molar-refractivity contribution in [3.8, 4) is 22.8 Å². The number of carbonyl (C=O) groups is 2. The molecule has 2 amide bonds. The van der Waals surface area contributed by atoms with Gasteiger partial charge in [0.25, 0.3) is 11.8 Å². The van der Waals surface area contributed by atoms with E-state index in [2.05, 4.69) is 61.8 Å². The maximum Gasteiger partial charge on any atom is 0.272 e. The van der Waals surface area contributed by atoms with Gasteiger partial charge in [-0.2, -0.15) is 5.10 Å². The second-order valence-corrected chi connectivity index (χ2v) is 13.4. The van der Waals surface area contributed by atoms with Crippen molar-refractivity contribution in [2.24, 2.45) is 7.05 Å². The number of nitrogens with zero attached hydrogens (tertiary/aromatic N) is 5. The molecule has 6 rings (SSSR count). The Labute approximate surface area is 287 Å². The van der Waals surface area contributed by atoms with E-state index in [-0.39, 0.29) is 29.4 Å². The van der Waals surface area contributed by atoms with Crippen LogP contribution in [0.2, 0.25) is 0 Å². The van der Waals surface area contributed by atoms with Gasteiger partial charge in [-0.3, -0.25) is 14.3 Å². The lowest BCUT2D eigenvalue weighted by atomic mass is 9.91. The third-order valence-corrected chi connectivity index (χ3v) is 9.67. The van der Waals surface area contributed by atoms with Crippen molar-refractivity contribution in [1.29, 1.82) is 0 Å². The molecule has 49 heavy (non-hydrogen) atoms. The molecule has 1 aliphatic carbocycles. The Balaban J connectivity index is 1.04. The highest BCUT2D eigenvalue weighted by Crippen LogP contribution is 2.29. The van der Waals surface area contributed by atoms with Crippen LogP contribution in [0, 0.1) is 12.7 Å². The maximum atomic E-state index is 14.3. The number of likely N-dealkylation sites (N-methyl/N-ethyl adjacent to an activating group) is 1. The minimum Gasteiger partial charge on any atom is -0.438 e. The summed E-state index contributed by atoms with van der Waals surface area (Å²) in [5.41, 5.74) is 4.66. The Hall–Kier alpha value is -4.61. The summed E-state index contributed by atoms with van der Waals surface area (Å²) in [6.07, 6.45) is 6.04. The zero-order valence-corrected chi connectivity index (χ0v) is 28.6. The van der Waals surface area contributed by atoms with Crippen LogP contribution in [0.1, 0.15) is 64.2 Å². The Morgan fingerprint density at radius 2 is 1.61 bits per heavy atom. The van der Waals surface area contributed by atoms with Crippen LogP contribution in [-0.2, 0) is 13.5 Å². The number of rotatable bonds is 10. The van der Waals surface area contributed by atoms with Crippen LogP contribution in [0.3, 0.4) is 0 Å². The van der Waals surface area contributed by atoms with Gasteiger partial charge >= 0.3 is 0 Å². The fourth-order valence-corrected chi connectivity index (χ4v) is 6.57. The van der Waals surface area contributed by atoms with E-state index in [9.17, 15) is 14.0 Å². The first-order valence-electron chi connectivity index (χ1n) is 17.3. The van der Waals surface area contributed by atoms with Crippen molar-refractivity contribution >= 4 is 11.8 Å². The largest absolute Gasteiger partial charge is 0.438 e. The summed E-state index contributed by atoms with van der Waals surface area (Å²) >= 11 is 0. The van der Waals surface area contributed by atoms with Gasteiger partial charge < -0.3 is 25.2 Å². The smallest absolute Gasteiger partial charge is 0.272 e. The highest BCUT2D eigenvalue weighted by atomic mass is 19.1. The van der Waals surface area contributed by atoms with Crippen molar-refractivity contribution in [1.82, 2.24) is 35.2 Å². The summed E-state index contributed by atoms with van der Waals surface area (Å²) < 4.78 is 22.1. The Bertz CT molecular complexity index is 1730. The van der Waals surface area contributed by atoms with E-state index in [4.69, 9.17) is 4.74 Å². The molecule has 2 aliphatic rings. The van der Waals surface area contributed by atoms with Gasteiger partial charge in [0.15, 0.2) is 0 Å². The number of pyridine rings is 1. The van der Waals surface area contributed by atoms with Gasteiger partial charge in [0.05, 0.1) is 6.20 Å². The first kappa shape index (κ1) is 34.3. The molecular formula is C38H46FN7O3. The number of aromatic nitrogens is 3. The number of hydrogen-bond acceptors (Lipinski definition) is 7. The van der Waals surface area contributed by atoms with Crippen LogP contribution in [0.5, 0.6) is 11.6 Å². The average molecular weight is 668 g/mol. The Morgan fingerprint density at radius 1 is 0.878 bits per heavy atom. The lowest BCUT2D eigenvalue weighted by Crippen LogP contribution is -2.44. The lowest BCUT2D eigenvalue weighted by Gasteiger charge is -2.29. The van der Waals surface area contributed by atoms with Gasteiger partial charge in [-0.15, -0.1) is 0 Å². The summed E-state index contributed by atoms with van der Waals surface area (Å²) in [4.78, 5) is 35.1.